The molecule has 2 aliphatic rings. The Morgan fingerprint density at radius 2 is 2.30 bits per heavy atom. The van der Waals surface area contributed by atoms with Crippen LogP contribution in [0.4, 0.5) is 0 Å². The number of nitrogens with one attached hydrogen (secondary N) is 1. The van der Waals surface area contributed by atoms with Gasteiger partial charge in [-0.1, -0.05) is 35.8 Å². The molecule has 0 amide bonds. The Labute approximate surface area is 134 Å². The molecule has 3 rings (SSSR count). The Kier molecular flexibility index (Phi) is 4.34. The zero-order chi connectivity index (χ0) is 14.2. The Morgan fingerprint density at radius 3 is 3.00 bits per heavy atom. The van der Waals surface area contributed by atoms with Gasteiger partial charge in [-0.3, -0.25) is 0 Å². The zero-order valence-corrected chi connectivity index (χ0v) is 14.5. The number of hydrogen-bond acceptors (Lipinski definition) is 3. The van der Waals surface area contributed by atoms with E-state index in [4.69, 9.17) is 4.74 Å². The molecule has 1 N–H and O–H groups in total. The van der Waals surface area contributed by atoms with Crippen LogP contribution in [0.2, 0.25) is 0 Å². The van der Waals surface area contributed by atoms with E-state index in [1.807, 2.05) is 11.8 Å². The molecule has 1 saturated heterocycles. The summed E-state index contributed by atoms with van der Waals surface area (Å²) in [5.74, 6) is 2.18. The van der Waals surface area contributed by atoms with Gasteiger partial charge in [-0.25, -0.2) is 0 Å². The first-order valence-electron chi connectivity index (χ1n) is 7.45. The monoisotopic (exact) mass is 355 g/mol. The molecule has 0 aliphatic carbocycles. The highest BCUT2D eigenvalue weighted by atomic mass is 79.9. The van der Waals surface area contributed by atoms with E-state index in [1.165, 1.54) is 12.0 Å². The largest absolute Gasteiger partial charge is 0.486 e. The Hall–Kier alpha value is -0.190. The topological polar surface area (TPSA) is 21.3 Å². The van der Waals surface area contributed by atoms with Crippen molar-refractivity contribution in [2.24, 2.45) is 0 Å². The van der Waals surface area contributed by atoms with Crippen LogP contribution < -0.4 is 10.1 Å². The SMILES string of the molecule is CCCNC1CC2(CSC(C)C2)Oc2cc(Br)ccc21. The van der Waals surface area contributed by atoms with Crippen molar-refractivity contribution in [3.63, 3.8) is 0 Å². The molecule has 2 nitrogen and oxygen atoms in total. The van der Waals surface area contributed by atoms with Crippen molar-refractivity contribution in [3.8, 4) is 5.75 Å². The first-order valence-corrected chi connectivity index (χ1v) is 9.29. The molecule has 3 atom stereocenters. The van der Waals surface area contributed by atoms with Gasteiger partial charge in [0.2, 0.25) is 0 Å². The zero-order valence-electron chi connectivity index (χ0n) is 12.1. The molecule has 2 aliphatic heterocycles. The first kappa shape index (κ1) is 14.7. The number of benzene rings is 1. The molecule has 1 aromatic rings. The van der Waals surface area contributed by atoms with E-state index >= 15 is 0 Å². The van der Waals surface area contributed by atoms with Crippen LogP contribution in [0.5, 0.6) is 5.75 Å². The van der Waals surface area contributed by atoms with Crippen molar-refractivity contribution in [1.29, 1.82) is 0 Å². The summed E-state index contributed by atoms with van der Waals surface area (Å²) >= 11 is 5.61. The van der Waals surface area contributed by atoms with Crippen LogP contribution in [-0.4, -0.2) is 23.1 Å². The summed E-state index contributed by atoms with van der Waals surface area (Å²) in [6.07, 6.45) is 3.42. The highest BCUT2D eigenvalue weighted by molar-refractivity contribution is 9.10. The minimum absolute atomic E-state index is 0.0310. The second kappa shape index (κ2) is 5.90. The number of thioether (sulfide) groups is 1. The molecule has 20 heavy (non-hydrogen) atoms. The minimum atomic E-state index is 0.0310. The lowest BCUT2D eigenvalue weighted by molar-refractivity contribution is 0.0513. The van der Waals surface area contributed by atoms with Gasteiger partial charge in [0.1, 0.15) is 11.4 Å². The van der Waals surface area contributed by atoms with Gasteiger partial charge >= 0.3 is 0 Å². The fraction of sp³-hybridized carbons (Fsp3) is 0.625. The molecule has 2 heterocycles. The second-order valence-corrected chi connectivity index (χ2v) is 8.35. The molecular formula is C16H22BrNOS. The van der Waals surface area contributed by atoms with Gasteiger partial charge in [-0.15, -0.1) is 0 Å². The molecule has 1 aromatic carbocycles. The third kappa shape index (κ3) is 2.88. The van der Waals surface area contributed by atoms with E-state index in [0.29, 0.717) is 11.3 Å². The molecule has 0 saturated carbocycles. The van der Waals surface area contributed by atoms with Gasteiger partial charge in [-0.05, 0) is 31.5 Å². The number of halogens is 1. The van der Waals surface area contributed by atoms with E-state index in [1.54, 1.807) is 0 Å². The average molecular weight is 356 g/mol. The maximum Gasteiger partial charge on any atom is 0.126 e. The van der Waals surface area contributed by atoms with E-state index in [0.717, 1.165) is 35.4 Å². The summed E-state index contributed by atoms with van der Waals surface area (Å²) in [7, 11) is 0. The summed E-state index contributed by atoms with van der Waals surface area (Å²) in [5, 5.41) is 4.41. The summed E-state index contributed by atoms with van der Waals surface area (Å²) < 4.78 is 7.55. The van der Waals surface area contributed by atoms with Gasteiger partial charge < -0.3 is 10.1 Å². The lowest BCUT2D eigenvalue weighted by Crippen LogP contribution is -2.44. The van der Waals surface area contributed by atoms with Gasteiger partial charge in [0, 0.05) is 33.5 Å². The van der Waals surface area contributed by atoms with Gasteiger partial charge in [0.05, 0.1) is 0 Å². The molecule has 110 valence electrons. The summed E-state index contributed by atoms with van der Waals surface area (Å²) in [6, 6.07) is 6.88. The standard InChI is InChI=1S/C16H22BrNOS/c1-3-6-18-14-9-16(8-11(2)20-10-16)19-15-7-12(17)4-5-13(14)15/h4-5,7,11,14,18H,3,6,8-10H2,1-2H3. The highest BCUT2D eigenvalue weighted by Gasteiger charge is 2.45. The second-order valence-electron chi connectivity index (χ2n) is 6.00. The van der Waals surface area contributed by atoms with Crippen LogP contribution >= 0.6 is 27.7 Å². The summed E-state index contributed by atoms with van der Waals surface area (Å²) in [4.78, 5) is 0. The summed E-state index contributed by atoms with van der Waals surface area (Å²) in [5.41, 5.74) is 1.35. The smallest absolute Gasteiger partial charge is 0.126 e. The van der Waals surface area contributed by atoms with Crippen molar-refractivity contribution in [2.75, 3.05) is 12.3 Å². The van der Waals surface area contributed by atoms with Crippen LogP contribution in [0.25, 0.3) is 0 Å². The molecule has 1 spiro atoms. The van der Waals surface area contributed by atoms with Gasteiger partial charge in [0.15, 0.2) is 0 Å². The van der Waals surface area contributed by atoms with Crippen LogP contribution in [0, 0.1) is 0 Å². The molecule has 0 radical (unpaired) electrons. The fourth-order valence-electron chi connectivity index (χ4n) is 3.29. The van der Waals surface area contributed by atoms with Crippen LogP contribution in [-0.2, 0) is 0 Å². The fourth-order valence-corrected chi connectivity index (χ4v) is 4.94. The van der Waals surface area contributed by atoms with E-state index in [-0.39, 0.29) is 5.60 Å². The molecular weight excluding hydrogens is 334 g/mol. The van der Waals surface area contributed by atoms with Crippen molar-refractivity contribution >= 4 is 27.7 Å². The lowest BCUT2D eigenvalue weighted by atomic mass is 9.85. The first-order chi connectivity index (χ1) is 9.62. The molecule has 4 heteroatoms. The number of hydrogen-bond donors (Lipinski definition) is 1. The van der Waals surface area contributed by atoms with Crippen LogP contribution in [0.3, 0.4) is 0 Å². The molecule has 3 unspecified atom stereocenters. The Morgan fingerprint density at radius 1 is 1.45 bits per heavy atom. The number of rotatable bonds is 3. The summed E-state index contributed by atoms with van der Waals surface area (Å²) in [6.45, 7) is 5.60. The quantitative estimate of drug-likeness (QED) is 0.859. The maximum absolute atomic E-state index is 6.45. The van der Waals surface area contributed by atoms with Crippen molar-refractivity contribution in [1.82, 2.24) is 5.32 Å². The third-order valence-corrected chi connectivity index (χ3v) is 6.11. The predicted octanol–water partition coefficient (Wildman–Crippen LogP) is 4.54. The van der Waals surface area contributed by atoms with Crippen LogP contribution in [0.15, 0.2) is 22.7 Å². The van der Waals surface area contributed by atoms with E-state index in [2.05, 4.69) is 53.3 Å². The van der Waals surface area contributed by atoms with Gasteiger partial charge in [-0.2, -0.15) is 11.8 Å². The van der Waals surface area contributed by atoms with Crippen molar-refractivity contribution in [2.45, 2.75) is 50.0 Å². The molecule has 0 bridgehead atoms. The normalized spacial score (nSPS) is 32.1. The van der Waals surface area contributed by atoms with E-state index in [9.17, 15) is 0 Å². The lowest BCUT2D eigenvalue weighted by Gasteiger charge is -2.40. The Bertz CT molecular complexity index is 495. The highest BCUT2D eigenvalue weighted by Crippen LogP contribution is 2.48. The maximum atomic E-state index is 6.45. The molecule has 1 fully saturated rings. The average Bonchev–Trinajstić information content (AvgIpc) is 2.76. The van der Waals surface area contributed by atoms with Gasteiger partial charge in [0.25, 0.3) is 0 Å². The molecule has 0 aromatic heterocycles. The van der Waals surface area contributed by atoms with Crippen molar-refractivity contribution in [3.05, 3.63) is 28.2 Å². The number of ether oxygens (including phenoxy) is 1. The van der Waals surface area contributed by atoms with Crippen LogP contribution in [0.1, 0.15) is 44.7 Å². The Balaban J connectivity index is 1.91. The minimum Gasteiger partial charge on any atom is -0.486 e. The third-order valence-electron chi connectivity index (χ3n) is 4.18. The number of fused-ring (bicyclic) bond motifs is 1. The van der Waals surface area contributed by atoms with Crippen molar-refractivity contribution < 1.29 is 4.74 Å². The predicted molar refractivity (Wildman–Crippen MR) is 89.7 cm³/mol. The van der Waals surface area contributed by atoms with E-state index < -0.39 is 0 Å².